The number of hydrogen-bond donors (Lipinski definition) is 2. The van der Waals surface area contributed by atoms with E-state index in [0.717, 1.165) is 0 Å². The summed E-state index contributed by atoms with van der Waals surface area (Å²) in [6, 6.07) is 0.331. The molecule has 0 aromatic rings. The monoisotopic (exact) mass is 189 g/mol. The van der Waals surface area contributed by atoms with E-state index in [-0.39, 0.29) is 18.8 Å². The highest BCUT2D eigenvalue weighted by molar-refractivity contribution is 4.77. The van der Waals surface area contributed by atoms with E-state index in [1.54, 1.807) is 6.92 Å². The van der Waals surface area contributed by atoms with Gasteiger partial charge < -0.3 is 14.9 Å². The molecular weight excluding hydrogens is 170 g/mol. The quantitative estimate of drug-likeness (QED) is 0.625. The zero-order valence-electron chi connectivity index (χ0n) is 8.31. The van der Waals surface area contributed by atoms with Crippen LogP contribution in [-0.2, 0) is 4.74 Å². The highest BCUT2D eigenvalue weighted by Gasteiger charge is 2.25. The van der Waals surface area contributed by atoms with E-state index >= 15 is 0 Å². The molecule has 0 aliphatic carbocycles. The fourth-order valence-corrected chi connectivity index (χ4v) is 1.58. The van der Waals surface area contributed by atoms with Gasteiger partial charge in [-0.3, -0.25) is 4.90 Å². The molecule has 1 saturated heterocycles. The van der Waals surface area contributed by atoms with Crippen LogP contribution in [-0.4, -0.2) is 59.7 Å². The van der Waals surface area contributed by atoms with Gasteiger partial charge in [0.25, 0.3) is 0 Å². The fraction of sp³-hybridized carbons (Fsp3) is 1.00. The molecule has 3 atom stereocenters. The molecule has 0 radical (unpaired) electrons. The van der Waals surface area contributed by atoms with Gasteiger partial charge in [0, 0.05) is 19.1 Å². The molecule has 2 unspecified atom stereocenters. The molecule has 0 spiro atoms. The lowest BCUT2D eigenvalue weighted by atomic mass is 10.2. The Kier molecular flexibility index (Phi) is 4.12. The minimum atomic E-state index is -0.320. The van der Waals surface area contributed by atoms with Crippen molar-refractivity contribution >= 4 is 0 Å². The van der Waals surface area contributed by atoms with Gasteiger partial charge in [0.05, 0.1) is 25.4 Å². The third-order valence-corrected chi connectivity index (χ3v) is 2.34. The summed E-state index contributed by atoms with van der Waals surface area (Å²) in [5, 5.41) is 18.2. The second-order valence-electron chi connectivity index (χ2n) is 3.79. The summed E-state index contributed by atoms with van der Waals surface area (Å²) in [5.41, 5.74) is 0. The molecule has 0 aromatic heterocycles. The molecule has 1 aliphatic heterocycles. The Hall–Kier alpha value is -0.160. The van der Waals surface area contributed by atoms with Crippen molar-refractivity contribution in [2.45, 2.75) is 32.1 Å². The summed E-state index contributed by atoms with van der Waals surface area (Å²) in [6.07, 6.45) is -0.408. The predicted octanol–water partition coefficient (Wildman–Crippen LogP) is -0.551. The zero-order chi connectivity index (χ0) is 9.84. The van der Waals surface area contributed by atoms with Crippen molar-refractivity contribution in [1.29, 1.82) is 0 Å². The van der Waals surface area contributed by atoms with Crippen molar-refractivity contribution in [1.82, 2.24) is 4.90 Å². The number of aliphatic hydroxyl groups is 2. The van der Waals surface area contributed by atoms with Crippen molar-refractivity contribution in [3.63, 3.8) is 0 Å². The van der Waals surface area contributed by atoms with Crippen LogP contribution in [0, 0.1) is 0 Å². The summed E-state index contributed by atoms with van der Waals surface area (Å²) in [6.45, 7) is 5.90. The molecule has 0 saturated carbocycles. The van der Waals surface area contributed by atoms with Gasteiger partial charge >= 0.3 is 0 Å². The maximum Gasteiger partial charge on any atom is 0.0933 e. The second-order valence-corrected chi connectivity index (χ2v) is 3.79. The Morgan fingerprint density at radius 2 is 2.31 bits per heavy atom. The van der Waals surface area contributed by atoms with Crippen LogP contribution in [0.15, 0.2) is 0 Å². The molecule has 4 nitrogen and oxygen atoms in total. The molecular formula is C9H19NO3. The van der Waals surface area contributed by atoms with Gasteiger partial charge in [0.1, 0.15) is 0 Å². The molecule has 13 heavy (non-hydrogen) atoms. The smallest absolute Gasteiger partial charge is 0.0933 e. The van der Waals surface area contributed by atoms with E-state index in [1.165, 1.54) is 0 Å². The lowest BCUT2D eigenvalue weighted by molar-refractivity contribution is -0.0854. The second kappa shape index (κ2) is 4.91. The minimum absolute atomic E-state index is 0.0586. The minimum Gasteiger partial charge on any atom is -0.394 e. The van der Waals surface area contributed by atoms with E-state index in [9.17, 15) is 5.11 Å². The number of nitrogens with zero attached hydrogens (tertiary/aromatic N) is 1. The Labute approximate surface area is 79.1 Å². The van der Waals surface area contributed by atoms with Crippen LogP contribution in [0.5, 0.6) is 0 Å². The fourth-order valence-electron chi connectivity index (χ4n) is 1.58. The normalized spacial score (nSPS) is 33.2. The number of ether oxygens (including phenoxy) is 1. The first-order chi connectivity index (χ1) is 6.13. The number of hydrogen-bond acceptors (Lipinski definition) is 4. The maximum atomic E-state index is 9.24. The van der Waals surface area contributed by atoms with E-state index in [4.69, 9.17) is 9.84 Å². The Morgan fingerprint density at radius 3 is 2.85 bits per heavy atom. The number of rotatable bonds is 3. The van der Waals surface area contributed by atoms with Gasteiger partial charge in [-0.25, -0.2) is 0 Å². The molecule has 0 amide bonds. The molecule has 1 rings (SSSR count). The van der Waals surface area contributed by atoms with Gasteiger partial charge in [-0.15, -0.1) is 0 Å². The number of β-amino-alcohol motifs (C(OH)–C–C–N with tert-alkyl or cyclic N) is 1. The van der Waals surface area contributed by atoms with Crippen LogP contribution < -0.4 is 0 Å². The molecule has 0 bridgehead atoms. The topological polar surface area (TPSA) is 52.9 Å². The highest BCUT2D eigenvalue weighted by Crippen LogP contribution is 2.11. The van der Waals surface area contributed by atoms with Gasteiger partial charge in [0.15, 0.2) is 0 Å². The molecule has 1 heterocycles. The molecule has 4 heteroatoms. The molecule has 78 valence electrons. The van der Waals surface area contributed by atoms with Crippen molar-refractivity contribution in [3.05, 3.63) is 0 Å². The largest absolute Gasteiger partial charge is 0.394 e. The summed E-state index contributed by atoms with van der Waals surface area (Å²) in [5.74, 6) is 0. The van der Waals surface area contributed by atoms with Crippen LogP contribution in [0.1, 0.15) is 13.8 Å². The first-order valence-electron chi connectivity index (χ1n) is 4.78. The van der Waals surface area contributed by atoms with Crippen molar-refractivity contribution in [2.75, 3.05) is 26.3 Å². The summed E-state index contributed by atoms with van der Waals surface area (Å²) in [7, 11) is 0. The van der Waals surface area contributed by atoms with Crippen LogP contribution >= 0.6 is 0 Å². The van der Waals surface area contributed by atoms with Gasteiger partial charge in [-0.1, -0.05) is 0 Å². The van der Waals surface area contributed by atoms with Crippen LogP contribution in [0.3, 0.4) is 0 Å². The van der Waals surface area contributed by atoms with Crippen molar-refractivity contribution in [2.24, 2.45) is 0 Å². The molecule has 2 N–H and O–H groups in total. The van der Waals surface area contributed by atoms with E-state index in [2.05, 4.69) is 11.8 Å². The number of morpholine rings is 1. The first kappa shape index (κ1) is 10.9. The van der Waals surface area contributed by atoms with Crippen molar-refractivity contribution in [3.8, 4) is 0 Å². The third-order valence-electron chi connectivity index (χ3n) is 2.34. The SMILES string of the molecule is CC1COC(CO)CN1C[C@H](C)O. The Balaban J connectivity index is 2.40. The standard InChI is InChI=1S/C9H19NO3/c1-7-6-13-9(5-11)4-10(7)3-8(2)12/h7-9,11-12H,3-6H2,1-2H3/t7?,8-,9?/m0/s1. The number of aliphatic hydroxyl groups excluding tert-OH is 2. The summed E-state index contributed by atoms with van der Waals surface area (Å²) >= 11 is 0. The van der Waals surface area contributed by atoms with E-state index in [0.29, 0.717) is 25.7 Å². The lowest BCUT2D eigenvalue weighted by Gasteiger charge is -2.37. The van der Waals surface area contributed by atoms with Crippen LogP contribution in [0.4, 0.5) is 0 Å². The summed E-state index contributed by atoms with van der Waals surface area (Å²) in [4.78, 5) is 2.15. The predicted molar refractivity (Wildman–Crippen MR) is 49.5 cm³/mol. The molecule has 1 fully saturated rings. The van der Waals surface area contributed by atoms with E-state index in [1.807, 2.05) is 0 Å². The third kappa shape index (κ3) is 3.23. The molecule has 1 aliphatic rings. The lowest BCUT2D eigenvalue weighted by Crippen LogP contribution is -2.51. The average molecular weight is 189 g/mol. The van der Waals surface area contributed by atoms with Gasteiger partial charge in [0.2, 0.25) is 0 Å². The Bertz CT molecular complexity index is 152. The summed E-state index contributed by atoms with van der Waals surface area (Å²) < 4.78 is 5.38. The maximum absolute atomic E-state index is 9.24. The molecule has 0 aromatic carbocycles. The van der Waals surface area contributed by atoms with E-state index < -0.39 is 0 Å². The zero-order valence-corrected chi connectivity index (χ0v) is 8.31. The van der Waals surface area contributed by atoms with Gasteiger partial charge in [-0.05, 0) is 13.8 Å². The highest BCUT2D eigenvalue weighted by atomic mass is 16.5. The average Bonchev–Trinajstić information content (AvgIpc) is 2.08. The first-order valence-corrected chi connectivity index (χ1v) is 4.78. The van der Waals surface area contributed by atoms with Crippen LogP contribution in [0.25, 0.3) is 0 Å². The van der Waals surface area contributed by atoms with Gasteiger partial charge in [-0.2, -0.15) is 0 Å². The van der Waals surface area contributed by atoms with Crippen LogP contribution in [0.2, 0.25) is 0 Å². The van der Waals surface area contributed by atoms with Crippen molar-refractivity contribution < 1.29 is 14.9 Å². The Morgan fingerprint density at radius 1 is 1.62 bits per heavy atom.